The molecule has 176 valence electrons. The summed E-state index contributed by atoms with van der Waals surface area (Å²) in [6.07, 6.45) is 4.21. The van der Waals surface area contributed by atoms with Crippen LogP contribution in [0, 0.1) is 0 Å². The van der Waals surface area contributed by atoms with Crippen LogP contribution in [-0.2, 0) is 34.7 Å². The Balaban J connectivity index is 1.21. The number of hydrogen-bond donors (Lipinski definition) is 1. The first-order chi connectivity index (χ1) is 16.5. The van der Waals surface area contributed by atoms with E-state index < -0.39 is 11.6 Å². The molecule has 0 saturated heterocycles. The highest BCUT2D eigenvalue weighted by atomic mass is 32.2. The second-order valence-electron chi connectivity index (χ2n) is 8.01. The van der Waals surface area contributed by atoms with Gasteiger partial charge in [0.1, 0.15) is 28.6 Å². The summed E-state index contributed by atoms with van der Waals surface area (Å²) in [6.45, 7) is -0.0460. The van der Waals surface area contributed by atoms with Gasteiger partial charge in [0.15, 0.2) is 0 Å². The minimum Gasteiger partial charge on any atom is -0.497 e. The molecule has 1 N–H and O–H groups in total. The van der Waals surface area contributed by atoms with Gasteiger partial charge in [-0.3, -0.25) is 9.59 Å². The Kier molecular flexibility index (Phi) is 6.42. The normalized spacial score (nSPS) is 13.2. The molecule has 0 atom stereocenters. The summed E-state index contributed by atoms with van der Waals surface area (Å²) in [5.41, 5.74) is 1.46. The van der Waals surface area contributed by atoms with E-state index in [0.717, 1.165) is 41.5 Å². The van der Waals surface area contributed by atoms with Crippen molar-refractivity contribution in [2.24, 2.45) is 0 Å². The maximum atomic E-state index is 12.6. The van der Waals surface area contributed by atoms with Crippen molar-refractivity contribution < 1.29 is 18.7 Å². The third-order valence-electron chi connectivity index (χ3n) is 5.76. The Morgan fingerprint density at radius 3 is 2.94 bits per heavy atom. The Morgan fingerprint density at radius 1 is 1.24 bits per heavy atom. The smallest absolute Gasteiger partial charge is 0.336 e. The fourth-order valence-corrected chi connectivity index (χ4v) is 6.13. The molecule has 0 bridgehead atoms. The number of aromatic nitrogens is 2. The molecular formula is C24H22N2O6S2. The molecule has 34 heavy (non-hydrogen) atoms. The SMILES string of the molecule is COc1ccc2c(COC(=O)CSCc3nc4sc5c(c4c(=O)[nH]3)CCCC5)cc(=O)oc2c1. The molecule has 3 aromatic heterocycles. The van der Waals surface area contributed by atoms with Gasteiger partial charge in [0.2, 0.25) is 0 Å². The van der Waals surface area contributed by atoms with Crippen molar-refractivity contribution in [1.82, 2.24) is 9.97 Å². The van der Waals surface area contributed by atoms with Crippen LogP contribution in [0.4, 0.5) is 0 Å². The molecule has 3 heterocycles. The van der Waals surface area contributed by atoms with Crippen LogP contribution in [-0.4, -0.2) is 28.8 Å². The number of nitrogens with zero attached hydrogens (tertiary/aromatic N) is 1. The van der Waals surface area contributed by atoms with Gasteiger partial charge in [-0.25, -0.2) is 9.78 Å². The number of ether oxygens (including phenoxy) is 2. The number of hydrogen-bond acceptors (Lipinski definition) is 9. The molecule has 1 aromatic carbocycles. The van der Waals surface area contributed by atoms with Crippen LogP contribution in [0.5, 0.6) is 5.75 Å². The third-order valence-corrected chi connectivity index (χ3v) is 7.86. The van der Waals surface area contributed by atoms with E-state index in [4.69, 9.17) is 13.9 Å². The fraction of sp³-hybridized carbons (Fsp3) is 0.333. The molecule has 10 heteroatoms. The van der Waals surface area contributed by atoms with Crippen molar-refractivity contribution >= 4 is 50.3 Å². The maximum absolute atomic E-state index is 12.6. The summed E-state index contributed by atoms with van der Waals surface area (Å²) in [6, 6.07) is 6.44. The highest BCUT2D eigenvalue weighted by molar-refractivity contribution is 7.99. The number of carbonyl (C=O) groups excluding carboxylic acids is 1. The van der Waals surface area contributed by atoms with Crippen LogP contribution < -0.4 is 15.9 Å². The average Bonchev–Trinajstić information content (AvgIpc) is 3.21. The Morgan fingerprint density at radius 2 is 2.09 bits per heavy atom. The molecular weight excluding hydrogens is 476 g/mol. The number of thiophene rings is 1. The van der Waals surface area contributed by atoms with Gasteiger partial charge in [-0.05, 0) is 43.4 Å². The summed E-state index contributed by atoms with van der Waals surface area (Å²) >= 11 is 2.92. The number of benzene rings is 1. The molecule has 0 spiro atoms. The van der Waals surface area contributed by atoms with Gasteiger partial charge in [0, 0.05) is 28.0 Å². The second-order valence-corrected chi connectivity index (χ2v) is 10.1. The van der Waals surface area contributed by atoms with Gasteiger partial charge in [0.25, 0.3) is 5.56 Å². The van der Waals surface area contributed by atoms with E-state index in [-0.39, 0.29) is 17.9 Å². The van der Waals surface area contributed by atoms with Crippen LogP contribution >= 0.6 is 23.1 Å². The second kappa shape index (κ2) is 9.63. The molecule has 1 aliphatic carbocycles. The number of nitrogens with one attached hydrogen (secondary N) is 1. The van der Waals surface area contributed by atoms with E-state index in [1.807, 2.05) is 0 Å². The molecule has 1 aliphatic rings. The molecule has 0 fully saturated rings. The summed E-state index contributed by atoms with van der Waals surface area (Å²) in [5, 5.41) is 1.40. The molecule has 0 aliphatic heterocycles. The lowest BCUT2D eigenvalue weighted by atomic mass is 9.97. The Hall–Kier alpha value is -3.11. The zero-order chi connectivity index (χ0) is 23.7. The molecule has 0 amide bonds. The zero-order valence-electron chi connectivity index (χ0n) is 18.5. The van der Waals surface area contributed by atoms with Crippen molar-refractivity contribution in [3.8, 4) is 5.75 Å². The van der Waals surface area contributed by atoms with Gasteiger partial charge < -0.3 is 18.9 Å². The van der Waals surface area contributed by atoms with E-state index >= 15 is 0 Å². The highest BCUT2D eigenvalue weighted by Crippen LogP contribution is 2.33. The Labute approximate surface area is 202 Å². The lowest BCUT2D eigenvalue weighted by molar-refractivity contribution is -0.141. The zero-order valence-corrected chi connectivity index (χ0v) is 20.1. The van der Waals surface area contributed by atoms with E-state index in [2.05, 4.69) is 9.97 Å². The van der Waals surface area contributed by atoms with Crippen molar-refractivity contribution in [3.63, 3.8) is 0 Å². The van der Waals surface area contributed by atoms with Gasteiger partial charge in [-0.2, -0.15) is 0 Å². The van der Waals surface area contributed by atoms with E-state index in [0.29, 0.717) is 33.9 Å². The minimum absolute atomic E-state index is 0.0460. The van der Waals surface area contributed by atoms with E-state index in [9.17, 15) is 14.4 Å². The van der Waals surface area contributed by atoms with Crippen LogP contribution in [0.3, 0.4) is 0 Å². The van der Waals surface area contributed by atoms with E-state index in [1.54, 1.807) is 29.5 Å². The monoisotopic (exact) mass is 498 g/mol. The van der Waals surface area contributed by atoms with Crippen molar-refractivity contribution in [1.29, 1.82) is 0 Å². The summed E-state index contributed by atoms with van der Waals surface area (Å²) in [5.74, 6) is 1.18. The van der Waals surface area contributed by atoms with Crippen LogP contribution in [0.2, 0.25) is 0 Å². The lowest BCUT2D eigenvalue weighted by Gasteiger charge is -2.09. The van der Waals surface area contributed by atoms with E-state index in [1.165, 1.54) is 29.8 Å². The molecule has 0 unspecified atom stereocenters. The minimum atomic E-state index is -0.526. The number of thioether (sulfide) groups is 1. The topological polar surface area (TPSA) is 111 Å². The standard InChI is InChI=1S/C24H22N2O6S2/c1-30-14-6-7-15-13(8-20(27)32-17(15)9-14)10-31-21(28)12-33-11-19-25-23(29)22-16-4-2-3-5-18(16)34-24(22)26-19/h6-9H,2-5,10-12H2,1H3,(H,25,26,29). The number of esters is 1. The molecule has 0 saturated carbocycles. The van der Waals surface area contributed by atoms with Crippen LogP contribution in [0.15, 0.2) is 38.3 Å². The number of aromatic amines is 1. The number of methoxy groups -OCH3 is 1. The molecule has 0 radical (unpaired) electrons. The van der Waals surface area contributed by atoms with Crippen molar-refractivity contribution in [2.45, 2.75) is 38.0 Å². The molecule has 4 aromatic rings. The number of carbonyl (C=O) groups is 1. The van der Waals surface area contributed by atoms with Gasteiger partial charge in [-0.15, -0.1) is 23.1 Å². The first-order valence-corrected chi connectivity index (χ1v) is 12.9. The number of H-pyrrole nitrogens is 1. The van der Waals surface area contributed by atoms with Crippen LogP contribution in [0.25, 0.3) is 21.2 Å². The lowest BCUT2D eigenvalue weighted by Crippen LogP contribution is -2.13. The number of aryl methyl sites for hydroxylation is 2. The fourth-order valence-electron chi connectivity index (χ4n) is 4.16. The van der Waals surface area contributed by atoms with Crippen molar-refractivity contribution in [3.05, 3.63) is 66.9 Å². The maximum Gasteiger partial charge on any atom is 0.336 e. The first-order valence-electron chi connectivity index (χ1n) is 10.9. The van der Waals surface area contributed by atoms with Crippen molar-refractivity contribution in [2.75, 3.05) is 12.9 Å². The Bertz CT molecular complexity index is 1500. The largest absolute Gasteiger partial charge is 0.497 e. The quantitative estimate of drug-likeness (QED) is 0.301. The third kappa shape index (κ3) is 4.60. The molecule has 8 nitrogen and oxygen atoms in total. The predicted molar refractivity (Wildman–Crippen MR) is 132 cm³/mol. The predicted octanol–water partition coefficient (Wildman–Crippen LogP) is 3.96. The first kappa shape index (κ1) is 22.7. The number of rotatable bonds is 7. The summed E-state index contributed by atoms with van der Waals surface area (Å²) < 4.78 is 15.7. The highest BCUT2D eigenvalue weighted by Gasteiger charge is 2.20. The molecule has 5 rings (SSSR count). The number of fused-ring (bicyclic) bond motifs is 4. The van der Waals surface area contributed by atoms with Gasteiger partial charge in [-0.1, -0.05) is 0 Å². The van der Waals surface area contributed by atoms with Gasteiger partial charge >= 0.3 is 11.6 Å². The summed E-state index contributed by atoms with van der Waals surface area (Å²) in [7, 11) is 1.53. The summed E-state index contributed by atoms with van der Waals surface area (Å²) in [4.78, 5) is 46.3. The average molecular weight is 499 g/mol. The van der Waals surface area contributed by atoms with Crippen LogP contribution in [0.1, 0.15) is 34.7 Å². The van der Waals surface area contributed by atoms with Gasteiger partial charge in [0.05, 0.1) is 24.0 Å².